The maximum Gasteiger partial charge on any atom is 0.201 e. The minimum Gasteiger partial charge on any atom is -0.490 e. The number of hydrogen-bond donors (Lipinski definition) is 0. The van der Waals surface area contributed by atoms with E-state index in [-0.39, 0.29) is 23.2 Å². The number of allylic oxidation sites excluding steroid dienone is 1. The van der Waals surface area contributed by atoms with E-state index in [4.69, 9.17) is 9.47 Å². The van der Waals surface area contributed by atoms with Gasteiger partial charge in [0.2, 0.25) is 5.82 Å². The standard InChI is InChI=1S/C30H31F3O2/c1-3-5-17-34-28-16-14-25(29(32)30(28)33)22-10-8-21(9-11-22)24-13-12-23(18-26(24)31)27-15-7-20(6-4-2)19-35-27/h4,6,8-14,16,18,20,27H,3,5,7,15,17,19H2,1-2H3/b6-4+. The summed E-state index contributed by atoms with van der Waals surface area (Å²) in [4.78, 5) is 0. The number of hydrogen-bond acceptors (Lipinski definition) is 2. The van der Waals surface area contributed by atoms with E-state index in [9.17, 15) is 8.78 Å². The van der Waals surface area contributed by atoms with E-state index < -0.39 is 11.6 Å². The second-order valence-electron chi connectivity index (χ2n) is 8.94. The van der Waals surface area contributed by atoms with Gasteiger partial charge in [0.25, 0.3) is 0 Å². The average Bonchev–Trinajstić information content (AvgIpc) is 2.88. The highest BCUT2D eigenvalue weighted by atomic mass is 19.2. The topological polar surface area (TPSA) is 18.5 Å². The fourth-order valence-corrected chi connectivity index (χ4v) is 4.45. The van der Waals surface area contributed by atoms with Gasteiger partial charge < -0.3 is 9.47 Å². The summed E-state index contributed by atoms with van der Waals surface area (Å²) in [6.45, 7) is 4.98. The van der Waals surface area contributed by atoms with Crippen LogP contribution >= 0.6 is 0 Å². The Hall–Kier alpha value is -3.05. The predicted octanol–water partition coefficient (Wildman–Crippen LogP) is 8.66. The molecule has 0 bridgehead atoms. The van der Waals surface area contributed by atoms with Crippen molar-refractivity contribution in [2.45, 2.75) is 45.6 Å². The molecule has 1 aliphatic heterocycles. The van der Waals surface area contributed by atoms with Crippen molar-refractivity contribution in [2.75, 3.05) is 13.2 Å². The maximum atomic E-state index is 15.0. The molecule has 1 fully saturated rings. The molecule has 3 aromatic carbocycles. The second kappa shape index (κ2) is 11.6. The van der Waals surface area contributed by atoms with Crippen LogP contribution in [-0.2, 0) is 4.74 Å². The third kappa shape index (κ3) is 5.79. The van der Waals surface area contributed by atoms with Crippen LogP contribution in [0.4, 0.5) is 13.2 Å². The molecule has 3 aromatic rings. The van der Waals surface area contributed by atoms with E-state index in [1.165, 1.54) is 18.2 Å². The van der Waals surface area contributed by atoms with Gasteiger partial charge in [-0.15, -0.1) is 0 Å². The van der Waals surface area contributed by atoms with Crippen LogP contribution in [0.25, 0.3) is 22.3 Å². The van der Waals surface area contributed by atoms with Gasteiger partial charge in [0.1, 0.15) is 5.82 Å². The molecule has 0 aliphatic carbocycles. The molecule has 2 unspecified atom stereocenters. The zero-order valence-electron chi connectivity index (χ0n) is 20.2. The Morgan fingerprint density at radius 2 is 1.63 bits per heavy atom. The second-order valence-corrected chi connectivity index (χ2v) is 8.94. The summed E-state index contributed by atoms with van der Waals surface area (Å²) >= 11 is 0. The first-order valence-corrected chi connectivity index (χ1v) is 12.3. The summed E-state index contributed by atoms with van der Waals surface area (Å²) in [5, 5.41) is 0. The molecule has 2 nitrogen and oxygen atoms in total. The van der Waals surface area contributed by atoms with E-state index in [1.54, 1.807) is 30.3 Å². The molecule has 0 radical (unpaired) electrons. The van der Waals surface area contributed by atoms with Crippen molar-refractivity contribution in [3.05, 3.63) is 89.8 Å². The molecule has 1 saturated heterocycles. The quantitative estimate of drug-likeness (QED) is 0.237. The SMILES string of the molecule is C/C=C/C1CCC(c2ccc(-c3ccc(-c4ccc(OCCCC)c(F)c4F)cc3)c(F)c2)OC1. The van der Waals surface area contributed by atoms with Crippen molar-refractivity contribution < 1.29 is 22.6 Å². The van der Waals surface area contributed by atoms with Gasteiger partial charge in [-0.2, -0.15) is 4.39 Å². The first-order valence-electron chi connectivity index (χ1n) is 12.3. The molecule has 0 spiro atoms. The summed E-state index contributed by atoms with van der Waals surface area (Å²) in [6.07, 6.45) is 7.64. The molecule has 35 heavy (non-hydrogen) atoms. The number of rotatable bonds is 8. The number of benzene rings is 3. The number of unbranched alkanes of at least 4 members (excludes halogenated alkanes) is 1. The fraction of sp³-hybridized carbons (Fsp3) is 0.333. The highest BCUT2D eigenvalue weighted by molar-refractivity contribution is 5.71. The van der Waals surface area contributed by atoms with E-state index >= 15 is 4.39 Å². The van der Waals surface area contributed by atoms with Crippen LogP contribution in [0.15, 0.2) is 66.7 Å². The minimum absolute atomic E-state index is 0.0854. The molecular weight excluding hydrogens is 449 g/mol. The summed E-state index contributed by atoms with van der Waals surface area (Å²) in [5.74, 6) is -1.95. The Bertz CT molecular complexity index is 1160. The third-order valence-corrected chi connectivity index (χ3v) is 6.45. The van der Waals surface area contributed by atoms with Crippen LogP contribution in [0.2, 0.25) is 0 Å². The van der Waals surface area contributed by atoms with Gasteiger partial charge in [-0.1, -0.05) is 61.9 Å². The van der Waals surface area contributed by atoms with E-state index in [2.05, 4.69) is 6.08 Å². The zero-order chi connectivity index (χ0) is 24.8. The van der Waals surface area contributed by atoms with Gasteiger partial charge in [0, 0.05) is 17.0 Å². The summed E-state index contributed by atoms with van der Waals surface area (Å²) < 4.78 is 55.5. The Morgan fingerprint density at radius 1 is 0.914 bits per heavy atom. The van der Waals surface area contributed by atoms with Gasteiger partial charge >= 0.3 is 0 Å². The van der Waals surface area contributed by atoms with Crippen LogP contribution in [0.1, 0.15) is 51.2 Å². The van der Waals surface area contributed by atoms with Crippen molar-refractivity contribution in [1.29, 1.82) is 0 Å². The minimum atomic E-state index is -0.994. The molecule has 1 aliphatic rings. The number of ether oxygens (including phenoxy) is 2. The molecule has 0 amide bonds. The highest BCUT2D eigenvalue weighted by Gasteiger charge is 2.22. The summed E-state index contributed by atoms with van der Waals surface area (Å²) in [7, 11) is 0. The normalized spacial score (nSPS) is 18.2. The molecule has 0 N–H and O–H groups in total. The number of halogens is 3. The van der Waals surface area contributed by atoms with Crippen LogP contribution in [0, 0.1) is 23.4 Å². The van der Waals surface area contributed by atoms with Crippen molar-refractivity contribution >= 4 is 0 Å². The highest BCUT2D eigenvalue weighted by Crippen LogP contribution is 2.35. The van der Waals surface area contributed by atoms with Crippen molar-refractivity contribution in [3.8, 4) is 28.0 Å². The van der Waals surface area contributed by atoms with Crippen molar-refractivity contribution in [2.24, 2.45) is 5.92 Å². The Morgan fingerprint density at radius 3 is 2.26 bits per heavy atom. The summed E-state index contributed by atoms with van der Waals surface area (Å²) in [5.41, 5.74) is 2.60. The molecule has 5 heteroatoms. The fourth-order valence-electron chi connectivity index (χ4n) is 4.45. The van der Waals surface area contributed by atoms with Crippen molar-refractivity contribution in [3.63, 3.8) is 0 Å². The monoisotopic (exact) mass is 480 g/mol. The lowest BCUT2D eigenvalue weighted by Gasteiger charge is -2.28. The first kappa shape index (κ1) is 25.1. The largest absolute Gasteiger partial charge is 0.490 e. The molecular formula is C30H31F3O2. The first-order chi connectivity index (χ1) is 17.0. The third-order valence-electron chi connectivity index (χ3n) is 6.45. The van der Waals surface area contributed by atoms with Crippen LogP contribution in [0.5, 0.6) is 5.75 Å². The Kier molecular flexibility index (Phi) is 8.29. The maximum absolute atomic E-state index is 15.0. The van der Waals surface area contributed by atoms with E-state index in [1.807, 2.05) is 26.0 Å². The van der Waals surface area contributed by atoms with Crippen molar-refractivity contribution in [1.82, 2.24) is 0 Å². The molecule has 2 atom stereocenters. The van der Waals surface area contributed by atoms with Gasteiger partial charge in [0.15, 0.2) is 11.6 Å². The lowest BCUT2D eigenvalue weighted by Crippen LogP contribution is -2.19. The van der Waals surface area contributed by atoms with Gasteiger partial charge in [-0.25, -0.2) is 8.78 Å². The molecule has 0 aromatic heterocycles. The van der Waals surface area contributed by atoms with E-state index in [0.29, 0.717) is 35.8 Å². The summed E-state index contributed by atoms with van der Waals surface area (Å²) in [6, 6.07) is 14.9. The van der Waals surface area contributed by atoms with E-state index in [0.717, 1.165) is 31.2 Å². The van der Waals surface area contributed by atoms with Gasteiger partial charge in [-0.05, 0) is 61.1 Å². The average molecular weight is 481 g/mol. The lowest BCUT2D eigenvalue weighted by atomic mass is 9.93. The zero-order valence-corrected chi connectivity index (χ0v) is 20.2. The lowest BCUT2D eigenvalue weighted by molar-refractivity contribution is -0.00538. The van der Waals surface area contributed by atoms with Gasteiger partial charge in [-0.3, -0.25) is 0 Å². The molecule has 1 heterocycles. The smallest absolute Gasteiger partial charge is 0.201 e. The Balaban J connectivity index is 1.49. The Labute approximate surface area is 205 Å². The van der Waals surface area contributed by atoms with Crippen LogP contribution in [0.3, 0.4) is 0 Å². The molecule has 0 saturated carbocycles. The molecule has 4 rings (SSSR count). The van der Waals surface area contributed by atoms with Crippen LogP contribution < -0.4 is 4.74 Å². The molecule has 184 valence electrons. The van der Waals surface area contributed by atoms with Gasteiger partial charge in [0.05, 0.1) is 19.3 Å². The predicted molar refractivity (Wildman–Crippen MR) is 134 cm³/mol. The van der Waals surface area contributed by atoms with Crippen LogP contribution in [-0.4, -0.2) is 13.2 Å².